The molecule has 1 atom stereocenters. The van der Waals surface area contributed by atoms with Gasteiger partial charge in [0.1, 0.15) is 0 Å². The first kappa shape index (κ1) is 22.1. The van der Waals surface area contributed by atoms with Crippen LogP contribution in [0.2, 0.25) is 0 Å². The van der Waals surface area contributed by atoms with Crippen molar-refractivity contribution in [3.63, 3.8) is 0 Å². The number of ether oxygens (including phenoxy) is 2. The summed E-state index contributed by atoms with van der Waals surface area (Å²) < 4.78 is 10.3. The average Bonchev–Trinajstić information content (AvgIpc) is 2.95. The number of aliphatic hydroxyl groups is 2. The van der Waals surface area contributed by atoms with E-state index in [9.17, 15) is 0 Å². The second-order valence-corrected chi connectivity index (χ2v) is 5.04. The van der Waals surface area contributed by atoms with Gasteiger partial charge in [0.25, 0.3) is 0 Å². The van der Waals surface area contributed by atoms with Gasteiger partial charge in [0.15, 0.2) is 0 Å². The third kappa shape index (κ3) is 20.2. The Hall–Kier alpha value is -0.160. The summed E-state index contributed by atoms with van der Waals surface area (Å²) in [6.45, 7) is 11.2. The maximum atomic E-state index is 8.11. The van der Waals surface area contributed by atoms with Crippen molar-refractivity contribution < 1.29 is 19.7 Å². The van der Waals surface area contributed by atoms with Gasteiger partial charge in [0.05, 0.1) is 12.7 Å². The van der Waals surface area contributed by atoms with E-state index in [2.05, 4.69) is 6.92 Å². The van der Waals surface area contributed by atoms with Crippen molar-refractivity contribution in [1.82, 2.24) is 0 Å². The van der Waals surface area contributed by atoms with Gasteiger partial charge in [-0.15, -0.1) is 0 Å². The largest absolute Gasteiger partial charge is 0.394 e. The Morgan fingerprint density at radius 1 is 1.05 bits per heavy atom. The van der Waals surface area contributed by atoms with E-state index in [0.717, 1.165) is 38.8 Å². The maximum absolute atomic E-state index is 8.11. The van der Waals surface area contributed by atoms with Crippen LogP contribution in [0.15, 0.2) is 0 Å². The highest BCUT2D eigenvalue weighted by molar-refractivity contribution is 4.65. The monoisotopic (exact) mass is 292 g/mol. The van der Waals surface area contributed by atoms with Crippen LogP contribution in [0.25, 0.3) is 0 Å². The van der Waals surface area contributed by atoms with Crippen LogP contribution in [0.3, 0.4) is 0 Å². The van der Waals surface area contributed by atoms with Gasteiger partial charge in [-0.1, -0.05) is 19.8 Å². The highest BCUT2D eigenvalue weighted by Crippen LogP contribution is 2.24. The van der Waals surface area contributed by atoms with Crippen LogP contribution < -0.4 is 0 Å². The predicted molar refractivity (Wildman–Crippen MR) is 84.0 cm³/mol. The molecule has 4 heteroatoms. The van der Waals surface area contributed by atoms with E-state index < -0.39 is 6.10 Å². The molecule has 0 heterocycles. The molecule has 1 unspecified atom stereocenters. The normalized spacial score (nSPS) is 15.9. The van der Waals surface area contributed by atoms with Crippen molar-refractivity contribution in [2.24, 2.45) is 5.92 Å². The van der Waals surface area contributed by atoms with Crippen molar-refractivity contribution in [3.05, 3.63) is 0 Å². The Balaban J connectivity index is 0. The van der Waals surface area contributed by atoms with Crippen LogP contribution in [-0.2, 0) is 9.47 Å². The van der Waals surface area contributed by atoms with E-state index in [1.165, 1.54) is 32.6 Å². The molecule has 124 valence electrons. The second-order valence-electron chi connectivity index (χ2n) is 5.04. The summed E-state index contributed by atoms with van der Waals surface area (Å²) in [5.74, 6) is 0.895. The molecule has 0 spiro atoms. The molecule has 1 fully saturated rings. The zero-order valence-electron chi connectivity index (χ0n) is 13.9. The summed E-state index contributed by atoms with van der Waals surface area (Å²) in [6, 6.07) is 0. The van der Waals surface area contributed by atoms with Crippen LogP contribution in [-0.4, -0.2) is 49.4 Å². The van der Waals surface area contributed by atoms with Crippen LogP contribution in [0.4, 0.5) is 0 Å². The lowest BCUT2D eigenvalue weighted by atomic mass is 10.1. The smallest absolute Gasteiger partial charge is 0.0742 e. The highest BCUT2D eigenvalue weighted by Gasteiger charge is 2.14. The molecule has 1 saturated carbocycles. The number of rotatable bonds is 7. The Bertz CT molecular complexity index is 155. The molecule has 0 saturated heterocycles. The second kappa shape index (κ2) is 18.8. The van der Waals surface area contributed by atoms with Gasteiger partial charge in [-0.05, 0) is 46.0 Å². The molecule has 0 aliphatic heterocycles. The van der Waals surface area contributed by atoms with Gasteiger partial charge >= 0.3 is 0 Å². The Kier molecular flexibility index (Phi) is 20.8. The van der Waals surface area contributed by atoms with Crippen LogP contribution in [0, 0.1) is 5.92 Å². The minimum Gasteiger partial charge on any atom is -0.394 e. The fourth-order valence-corrected chi connectivity index (χ4v) is 1.78. The molecule has 0 radical (unpaired) electrons. The molecule has 0 bridgehead atoms. The SMILES string of the molecule is CC(O)CO.CCCOCC1CCCC1.CCOCC. The first-order chi connectivity index (χ1) is 9.62. The van der Waals surface area contributed by atoms with Gasteiger partial charge in [-0.3, -0.25) is 0 Å². The predicted octanol–water partition coefficient (Wildman–Crippen LogP) is 3.01. The van der Waals surface area contributed by atoms with Crippen LogP contribution >= 0.6 is 0 Å². The van der Waals surface area contributed by atoms with E-state index in [1.54, 1.807) is 0 Å². The lowest BCUT2D eigenvalue weighted by Crippen LogP contribution is -2.05. The Morgan fingerprint density at radius 3 is 1.85 bits per heavy atom. The molecule has 0 aromatic rings. The minimum absolute atomic E-state index is 0.139. The molecule has 0 aromatic carbocycles. The summed E-state index contributed by atoms with van der Waals surface area (Å²) in [5, 5.41) is 16.0. The standard InChI is InChI=1S/C9H18O.C4H10O.C3H8O2/c1-2-7-10-8-9-5-3-4-6-9;1-3-5-4-2;1-3(5)2-4/h9H,2-8H2,1H3;3-4H2,1-2H3;3-5H,2H2,1H3. The lowest BCUT2D eigenvalue weighted by Gasteiger charge is -2.07. The molecule has 1 rings (SSSR count). The third-order valence-corrected chi connectivity index (χ3v) is 2.85. The zero-order chi connectivity index (χ0) is 15.6. The molecule has 1 aliphatic rings. The van der Waals surface area contributed by atoms with Crippen LogP contribution in [0.5, 0.6) is 0 Å². The summed E-state index contributed by atoms with van der Waals surface area (Å²) >= 11 is 0. The van der Waals surface area contributed by atoms with E-state index in [-0.39, 0.29) is 6.61 Å². The zero-order valence-corrected chi connectivity index (χ0v) is 13.9. The summed E-state index contributed by atoms with van der Waals surface area (Å²) in [7, 11) is 0. The van der Waals surface area contributed by atoms with Gasteiger partial charge in [0, 0.05) is 26.4 Å². The van der Waals surface area contributed by atoms with Crippen LogP contribution in [0.1, 0.15) is 59.8 Å². The van der Waals surface area contributed by atoms with Crippen molar-refractivity contribution in [2.45, 2.75) is 65.9 Å². The van der Waals surface area contributed by atoms with E-state index in [1.807, 2.05) is 13.8 Å². The third-order valence-electron chi connectivity index (χ3n) is 2.85. The molecule has 20 heavy (non-hydrogen) atoms. The fraction of sp³-hybridized carbons (Fsp3) is 1.00. The summed E-state index contributed by atoms with van der Waals surface area (Å²) in [6.07, 6.45) is 6.27. The van der Waals surface area contributed by atoms with Gasteiger partial charge < -0.3 is 19.7 Å². The van der Waals surface area contributed by atoms with Gasteiger partial charge in [-0.2, -0.15) is 0 Å². The molecule has 1 aliphatic carbocycles. The number of aliphatic hydroxyl groups excluding tert-OH is 2. The maximum Gasteiger partial charge on any atom is 0.0742 e. The summed E-state index contributed by atoms with van der Waals surface area (Å²) in [4.78, 5) is 0. The highest BCUT2D eigenvalue weighted by atomic mass is 16.5. The number of hydrogen-bond donors (Lipinski definition) is 2. The van der Waals surface area contributed by atoms with Crippen molar-refractivity contribution in [1.29, 1.82) is 0 Å². The molecular weight excluding hydrogens is 256 g/mol. The first-order valence-corrected chi connectivity index (χ1v) is 8.06. The Labute approximate surface area is 125 Å². The topological polar surface area (TPSA) is 58.9 Å². The lowest BCUT2D eigenvalue weighted by molar-refractivity contribution is 0.102. The van der Waals surface area contributed by atoms with Gasteiger partial charge in [-0.25, -0.2) is 0 Å². The minimum atomic E-state index is -0.560. The first-order valence-electron chi connectivity index (χ1n) is 8.06. The summed E-state index contributed by atoms with van der Waals surface area (Å²) in [5.41, 5.74) is 0. The molecule has 4 nitrogen and oxygen atoms in total. The van der Waals surface area contributed by atoms with E-state index in [0.29, 0.717) is 0 Å². The van der Waals surface area contributed by atoms with Crippen molar-refractivity contribution in [2.75, 3.05) is 33.0 Å². The van der Waals surface area contributed by atoms with Gasteiger partial charge in [0.2, 0.25) is 0 Å². The van der Waals surface area contributed by atoms with E-state index >= 15 is 0 Å². The number of hydrogen-bond acceptors (Lipinski definition) is 4. The molecular formula is C16H36O4. The Morgan fingerprint density at radius 2 is 1.55 bits per heavy atom. The average molecular weight is 292 g/mol. The van der Waals surface area contributed by atoms with Crippen molar-refractivity contribution >= 4 is 0 Å². The molecule has 2 N–H and O–H groups in total. The van der Waals surface area contributed by atoms with E-state index in [4.69, 9.17) is 19.7 Å². The molecule has 0 amide bonds. The fourth-order valence-electron chi connectivity index (χ4n) is 1.78. The van der Waals surface area contributed by atoms with Crippen molar-refractivity contribution in [3.8, 4) is 0 Å². The quantitative estimate of drug-likeness (QED) is 0.708. The molecule has 0 aromatic heterocycles.